The number of nitrogens with zero attached hydrogens (tertiary/aromatic N) is 3. The van der Waals surface area contributed by atoms with Crippen molar-refractivity contribution in [2.24, 2.45) is 0 Å². The van der Waals surface area contributed by atoms with Crippen LogP contribution in [0.3, 0.4) is 0 Å². The second-order valence-corrected chi connectivity index (χ2v) is 7.11. The number of halogens is 4. The minimum atomic E-state index is -4.82. The molecule has 2 unspecified atom stereocenters. The monoisotopic (exact) mass is 427 g/mol. The van der Waals surface area contributed by atoms with Gasteiger partial charge in [-0.1, -0.05) is 0 Å². The summed E-state index contributed by atoms with van der Waals surface area (Å²) in [5, 5.41) is 32.0. The highest BCUT2D eigenvalue weighted by molar-refractivity contribution is 5.78. The Bertz CT molecular complexity index is 1090. The molecule has 0 spiro atoms. The van der Waals surface area contributed by atoms with Gasteiger partial charge in [0.05, 0.1) is 11.3 Å². The first-order valence-corrected chi connectivity index (χ1v) is 8.93. The molecule has 4 rings (SSSR count). The summed E-state index contributed by atoms with van der Waals surface area (Å²) in [5.41, 5.74) is -0.652. The zero-order chi connectivity index (χ0) is 21.8. The van der Waals surface area contributed by atoms with Crippen LogP contribution in [0.15, 0.2) is 36.8 Å². The summed E-state index contributed by atoms with van der Waals surface area (Å²) in [7, 11) is 0. The Hall–Kier alpha value is -2.60. The summed E-state index contributed by atoms with van der Waals surface area (Å²) in [6.45, 7) is 1.75. The fourth-order valence-corrected chi connectivity index (χ4v) is 3.62. The quantitative estimate of drug-likeness (QED) is 0.555. The van der Waals surface area contributed by atoms with Crippen LogP contribution in [-0.4, -0.2) is 48.2 Å². The van der Waals surface area contributed by atoms with E-state index >= 15 is 0 Å². The maximum atomic E-state index is 13.7. The molecule has 1 aliphatic rings. The van der Waals surface area contributed by atoms with Crippen LogP contribution in [0.2, 0.25) is 0 Å². The number of hydrogen-bond donors (Lipinski definition) is 3. The number of aryl methyl sites for hydroxylation is 1. The molecule has 160 valence electrons. The largest absolute Gasteiger partial charge is 0.416 e. The molecule has 1 saturated heterocycles. The molecule has 1 fully saturated rings. The van der Waals surface area contributed by atoms with Crippen LogP contribution in [0.4, 0.5) is 17.6 Å². The van der Waals surface area contributed by atoms with E-state index in [1.54, 1.807) is 19.2 Å². The zero-order valence-electron chi connectivity index (χ0n) is 15.5. The lowest BCUT2D eigenvalue weighted by Crippen LogP contribution is -2.35. The van der Waals surface area contributed by atoms with Gasteiger partial charge >= 0.3 is 6.18 Å². The summed E-state index contributed by atoms with van der Waals surface area (Å²) in [5.74, 6) is -1.20. The number of benzene rings is 1. The van der Waals surface area contributed by atoms with Crippen LogP contribution < -0.4 is 0 Å². The van der Waals surface area contributed by atoms with E-state index in [2.05, 4.69) is 9.97 Å². The van der Waals surface area contributed by atoms with Gasteiger partial charge in [0, 0.05) is 11.6 Å². The number of fused-ring (bicyclic) bond motifs is 1. The molecule has 1 aromatic carbocycles. The summed E-state index contributed by atoms with van der Waals surface area (Å²) in [4.78, 5) is 8.18. The molecule has 11 heteroatoms. The highest BCUT2D eigenvalue weighted by atomic mass is 19.4. The maximum Gasteiger partial charge on any atom is 0.416 e. The highest BCUT2D eigenvalue weighted by Crippen LogP contribution is 2.39. The third-order valence-electron chi connectivity index (χ3n) is 5.16. The van der Waals surface area contributed by atoms with Gasteiger partial charge in [0.2, 0.25) is 0 Å². The number of hydrogen-bond acceptors (Lipinski definition) is 6. The van der Waals surface area contributed by atoms with Gasteiger partial charge in [0.1, 0.15) is 42.2 Å². The summed E-state index contributed by atoms with van der Waals surface area (Å²) in [6, 6.07) is 3.27. The highest BCUT2D eigenvalue weighted by Gasteiger charge is 2.48. The average molecular weight is 427 g/mol. The van der Waals surface area contributed by atoms with Gasteiger partial charge in [0.15, 0.2) is 6.23 Å². The van der Waals surface area contributed by atoms with E-state index < -0.39 is 53.8 Å². The molecule has 7 nitrogen and oxygen atoms in total. The lowest BCUT2D eigenvalue weighted by molar-refractivity contribution is -0.138. The number of aliphatic hydroxyl groups excluding tert-OH is 3. The number of rotatable bonds is 3. The van der Waals surface area contributed by atoms with Crippen molar-refractivity contribution in [3.05, 3.63) is 59.4 Å². The molecule has 3 N–H and O–H groups in total. The molecule has 5 atom stereocenters. The van der Waals surface area contributed by atoms with Crippen LogP contribution >= 0.6 is 0 Å². The SMILES string of the molecule is Cc1ncnc2c1ccn2[C@@H]1OC(C(O)c2cc(F)cc(C(F)(F)F)c2)[C@@H](O)[C@H]1O. The fraction of sp³-hybridized carbons (Fsp3) is 0.368. The van der Waals surface area contributed by atoms with E-state index in [-0.39, 0.29) is 0 Å². The van der Waals surface area contributed by atoms with E-state index in [1.165, 1.54) is 10.9 Å². The van der Waals surface area contributed by atoms with Gasteiger partial charge in [0.25, 0.3) is 0 Å². The summed E-state index contributed by atoms with van der Waals surface area (Å²) in [6.07, 6.45) is -9.65. The lowest BCUT2D eigenvalue weighted by atomic mass is 9.97. The number of ether oxygens (including phenoxy) is 1. The lowest BCUT2D eigenvalue weighted by Gasteiger charge is -2.22. The average Bonchev–Trinajstić information content (AvgIpc) is 3.23. The third-order valence-corrected chi connectivity index (χ3v) is 5.16. The van der Waals surface area contributed by atoms with Gasteiger partial charge < -0.3 is 24.6 Å². The van der Waals surface area contributed by atoms with Gasteiger partial charge in [-0.3, -0.25) is 0 Å². The standard InChI is InChI=1S/C19H17F4N3O4/c1-8-12-2-3-26(17(12)25-7-24-8)18-15(29)14(28)16(30-18)13(27)9-4-10(19(21,22)23)6-11(20)5-9/h2-7,13-16,18,27-29H,1H3/t13?,14-,15+,16?,18+/m0/s1. The molecular formula is C19H17F4N3O4. The van der Waals surface area contributed by atoms with Crippen molar-refractivity contribution >= 4 is 11.0 Å². The van der Waals surface area contributed by atoms with E-state index in [4.69, 9.17) is 4.74 Å². The number of alkyl halides is 3. The molecule has 0 bridgehead atoms. The van der Waals surface area contributed by atoms with Crippen molar-refractivity contribution in [2.45, 2.75) is 43.7 Å². The summed E-state index contributed by atoms with van der Waals surface area (Å²) < 4.78 is 59.7. The first-order valence-electron chi connectivity index (χ1n) is 8.93. The van der Waals surface area contributed by atoms with Crippen LogP contribution in [0, 0.1) is 12.7 Å². The molecule has 0 aliphatic carbocycles. The van der Waals surface area contributed by atoms with Crippen LogP contribution in [-0.2, 0) is 10.9 Å². The van der Waals surface area contributed by atoms with E-state index in [9.17, 15) is 32.9 Å². The van der Waals surface area contributed by atoms with Crippen LogP contribution in [0.1, 0.15) is 29.2 Å². The smallest absolute Gasteiger partial charge is 0.387 e. The Morgan fingerprint density at radius 1 is 1.13 bits per heavy atom. The number of aromatic nitrogens is 3. The topological polar surface area (TPSA) is 101 Å². The van der Waals surface area contributed by atoms with Crippen molar-refractivity contribution in [1.29, 1.82) is 0 Å². The Labute approximate surface area is 167 Å². The Kier molecular flexibility index (Phi) is 5.01. The van der Waals surface area contributed by atoms with Crippen LogP contribution in [0.25, 0.3) is 11.0 Å². The molecule has 0 saturated carbocycles. The van der Waals surface area contributed by atoms with Gasteiger partial charge in [-0.15, -0.1) is 0 Å². The number of aliphatic hydroxyl groups is 3. The van der Waals surface area contributed by atoms with Crippen molar-refractivity contribution < 1.29 is 37.6 Å². The molecule has 0 amide bonds. The molecule has 3 heterocycles. The minimum absolute atomic E-state index is 0.299. The van der Waals surface area contributed by atoms with Gasteiger partial charge in [-0.2, -0.15) is 13.2 Å². The molecule has 3 aromatic rings. The fourth-order valence-electron chi connectivity index (χ4n) is 3.62. The van der Waals surface area contributed by atoms with E-state index in [0.717, 1.165) is 6.07 Å². The predicted molar refractivity (Wildman–Crippen MR) is 94.6 cm³/mol. The Balaban J connectivity index is 1.66. The molecular weight excluding hydrogens is 410 g/mol. The first-order chi connectivity index (χ1) is 14.1. The molecule has 0 radical (unpaired) electrons. The van der Waals surface area contributed by atoms with Crippen LogP contribution in [0.5, 0.6) is 0 Å². The second kappa shape index (κ2) is 7.27. The third kappa shape index (κ3) is 3.43. The zero-order valence-corrected chi connectivity index (χ0v) is 15.5. The normalized spacial score (nSPS) is 25.7. The Morgan fingerprint density at radius 3 is 2.57 bits per heavy atom. The van der Waals surface area contributed by atoms with E-state index in [0.29, 0.717) is 28.9 Å². The van der Waals surface area contributed by atoms with Crippen molar-refractivity contribution in [2.75, 3.05) is 0 Å². The maximum absolute atomic E-state index is 13.7. The van der Waals surface area contributed by atoms with E-state index in [1.807, 2.05) is 0 Å². The van der Waals surface area contributed by atoms with Gasteiger partial charge in [-0.05, 0) is 36.8 Å². The molecule has 1 aliphatic heterocycles. The Morgan fingerprint density at radius 2 is 1.87 bits per heavy atom. The van der Waals surface area contributed by atoms with Crippen molar-refractivity contribution in [1.82, 2.24) is 14.5 Å². The first kappa shape index (κ1) is 20.7. The minimum Gasteiger partial charge on any atom is -0.387 e. The molecule has 2 aromatic heterocycles. The second-order valence-electron chi connectivity index (χ2n) is 7.11. The van der Waals surface area contributed by atoms with Gasteiger partial charge in [-0.25, -0.2) is 14.4 Å². The predicted octanol–water partition coefficient (Wildman–Crippen LogP) is 2.25. The molecule has 30 heavy (non-hydrogen) atoms. The summed E-state index contributed by atoms with van der Waals surface area (Å²) >= 11 is 0. The van der Waals surface area contributed by atoms with Crippen molar-refractivity contribution in [3.8, 4) is 0 Å². The van der Waals surface area contributed by atoms with Crippen molar-refractivity contribution in [3.63, 3.8) is 0 Å².